The van der Waals surface area contributed by atoms with Crippen molar-refractivity contribution in [1.82, 2.24) is 0 Å². The lowest BCUT2D eigenvalue weighted by Gasteiger charge is -2.35. The minimum absolute atomic E-state index is 0.0399. The summed E-state index contributed by atoms with van der Waals surface area (Å²) in [5.41, 5.74) is -2.25. The van der Waals surface area contributed by atoms with E-state index in [1.54, 1.807) is 36.4 Å². The number of carbonyl (C=O) groups excluding carboxylic acids is 2. The largest absolute Gasteiger partial charge is 0.496 e. The highest BCUT2D eigenvalue weighted by Crippen LogP contribution is 2.68. The summed E-state index contributed by atoms with van der Waals surface area (Å²) in [7, 11) is 1.08. The van der Waals surface area contributed by atoms with Gasteiger partial charge in [-0.2, -0.15) is 0 Å². The van der Waals surface area contributed by atoms with Crippen LogP contribution in [0, 0.1) is 11.3 Å². The Labute approximate surface area is 237 Å². The molecule has 0 radical (unpaired) electrons. The van der Waals surface area contributed by atoms with E-state index >= 15 is 4.57 Å². The first-order valence-electron chi connectivity index (χ1n) is 13.1. The number of rotatable bonds is 12. The molecule has 0 N–H and O–H groups in total. The maximum atomic E-state index is 15.8. The van der Waals surface area contributed by atoms with Crippen molar-refractivity contribution < 1.29 is 33.1 Å². The van der Waals surface area contributed by atoms with E-state index in [0.717, 1.165) is 0 Å². The molecule has 0 heterocycles. The minimum Gasteiger partial charge on any atom is -0.496 e. The zero-order valence-electron chi connectivity index (χ0n) is 24.5. The van der Waals surface area contributed by atoms with Gasteiger partial charge in [-0.25, -0.2) is 0 Å². The fourth-order valence-corrected chi connectivity index (χ4v) is 8.63. The molecule has 0 aliphatic rings. The quantitative estimate of drug-likeness (QED) is 0.206. The first-order valence-corrected chi connectivity index (χ1v) is 14.9. The Hall–Kier alpha value is -3.57. The van der Waals surface area contributed by atoms with Gasteiger partial charge in [0.05, 0.1) is 34.1 Å². The zero-order valence-corrected chi connectivity index (χ0v) is 25.4. The third-order valence-electron chi connectivity index (χ3n) is 6.89. The van der Waals surface area contributed by atoms with Gasteiger partial charge in [-0.3, -0.25) is 9.59 Å². The van der Waals surface area contributed by atoms with Gasteiger partial charge >= 0.3 is 0 Å². The molecule has 7 nitrogen and oxygen atoms in total. The van der Waals surface area contributed by atoms with Gasteiger partial charge in [0.15, 0.2) is 0 Å². The normalized spacial score (nSPS) is 13.2. The number of ether oxygens (including phenoxy) is 4. The molecule has 0 spiro atoms. The second-order valence-electron chi connectivity index (χ2n) is 10.9. The second kappa shape index (κ2) is 12.7. The molecular formula is C32H39O7P. The van der Waals surface area contributed by atoms with Crippen LogP contribution in [-0.2, 0) is 4.57 Å². The van der Waals surface area contributed by atoms with E-state index in [1.807, 2.05) is 37.3 Å². The molecule has 0 aliphatic heterocycles. The third kappa shape index (κ3) is 6.10. The molecule has 0 amide bonds. The van der Waals surface area contributed by atoms with Crippen LogP contribution in [0.4, 0.5) is 0 Å². The molecule has 214 valence electrons. The predicted octanol–water partition coefficient (Wildman–Crippen LogP) is 7.88. The van der Waals surface area contributed by atoms with Gasteiger partial charge < -0.3 is 23.5 Å². The monoisotopic (exact) mass is 566 g/mol. The van der Waals surface area contributed by atoms with Crippen LogP contribution in [0.1, 0.15) is 66.1 Å². The van der Waals surface area contributed by atoms with Gasteiger partial charge in [0.2, 0.25) is 18.2 Å². The Morgan fingerprint density at radius 2 is 1.05 bits per heavy atom. The van der Waals surface area contributed by atoms with Crippen LogP contribution >= 0.6 is 7.14 Å². The van der Waals surface area contributed by atoms with Crippen molar-refractivity contribution >= 4 is 18.2 Å². The van der Waals surface area contributed by atoms with Gasteiger partial charge in [-0.05, 0) is 47.6 Å². The van der Waals surface area contributed by atoms with E-state index < -0.39 is 23.8 Å². The fourth-order valence-electron chi connectivity index (χ4n) is 5.43. The summed E-state index contributed by atoms with van der Waals surface area (Å²) in [4.78, 5) is 29.6. The molecule has 0 aromatic heterocycles. The predicted molar refractivity (Wildman–Crippen MR) is 158 cm³/mol. The van der Waals surface area contributed by atoms with Crippen LogP contribution in [0.5, 0.6) is 23.0 Å². The summed E-state index contributed by atoms with van der Waals surface area (Å²) in [5.74, 6) is 0.334. The summed E-state index contributed by atoms with van der Waals surface area (Å²) >= 11 is 0. The van der Waals surface area contributed by atoms with Crippen molar-refractivity contribution in [1.29, 1.82) is 0 Å². The molecular weight excluding hydrogens is 527 g/mol. The highest BCUT2D eigenvalue weighted by molar-refractivity contribution is 7.95. The van der Waals surface area contributed by atoms with Crippen LogP contribution in [0.2, 0.25) is 0 Å². The number of methoxy groups -OCH3 is 4. The van der Waals surface area contributed by atoms with E-state index in [0.29, 0.717) is 12.0 Å². The van der Waals surface area contributed by atoms with Gasteiger partial charge in [0.1, 0.15) is 34.1 Å². The van der Waals surface area contributed by atoms with E-state index in [1.165, 1.54) is 28.4 Å². The highest BCUT2D eigenvalue weighted by atomic mass is 31.2. The molecule has 2 unspecified atom stereocenters. The smallest absolute Gasteiger partial charge is 0.237 e. The van der Waals surface area contributed by atoms with Crippen molar-refractivity contribution in [3.63, 3.8) is 0 Å². The summed E-state index contributed by atoms with van der Waals surface area (Å²) in [6, 6.07) is 18.8. The SMILES string of the molecule is COc1cccc(OC)c1C(=O)P(=O)(C(=O)c1c(OC)cccc1OC)C(c1ccccc1)C(C)CC(C)(C)C. The minimum atomic E-state index is -4.58. The topological polar surface area (TPSA) is 88.1 Å². The number of hydrogen-bond donors (Lipinski definition) is 0. The maximum absolute atomic E-state index is 15.8. The Bertz CT molecular complexity index is 1280. The van der Waals surface area contributed by atoms with Crippen LogP contribution in [0.25, 0.3) is 0 Å². The van der Waals surface area contributed by atoms with Gasteiger partial charge in [0, 0.05) is 0 Å². The van der Waals surface area contributed by atoms with E-state index in [-0.39, 0.29) is 45.5 Å². The summed E-state index contributed by atoms with van der Waals surface area (Å²) in [6.07, 6.45) is 0.600. The average Bonchev–Trinajstić information content (AvgIpc) is 2.94. The highest BCUT2D eigenvalue weighted by Gasteiger charge is 2.53. The molecule has 3 aromatic rings. The van der Waals surface area contributed by atoms with Gasteiger partial charge in [0.25, 0.3) is 0 Å². The zero-order chi connectivity index (χ0) is 29.7. The summed E-state index contributed by atoms with van der Waals surface area (Å²) in [5, 5.41) is 0. The molecule has 0 saturated carbocycles. The molecule has 3 rings (SSSR count). The first kappa shape index (κ1) is 31.0. The molecule has 0 fully saturated rings. The summed E-state index contributed by atoms with van der Waals surface area (Å²) < 4.78 is 37.9. The van der Waals surface area contributed by atoms with Crippen molar-refractivity contribution in [2.45, 2.75) is 39.8 Å². The van der Waals surface area contributed by atoms with E-state index in [2.05, 4.69) is 20.8 Å². The second-order valence-corrected chi connectivity index (χ2v) is 13.6. The molecule has 40 heavy (non-hydrogen) atoms. The Morgan fingerprint density at radius 1 is 0.675 bits per heavy atom. The van der Waals surface area contributed by atoms with Crippen LogP contribution in [0.3, 0.4) is 0 Å². The summed E-state index contributed by atoms with van der Waals surface area (Å²) in [6.45, 7) is 8.17. The molecule has 2 atom stereocenters. The lowest BCUT2D eigenvalue weighted by atomic mass is 9.82. The first-order chi connectivity index (χ1) is 18.9. The average molecular weight is 567 g/mol. The van der Waals surface area contributed by atoms with Crippen LogP contribution in [-0.4, -0.2) is 39.5 Å². The van der Waals surface area contributed by atoms with Gasteiger partial charge in [-0.1, -0.05) is 70.2 Å². The van der Waals surface area contributed by atoms with Gasteiger partial charge in [-0.15, -0.1) is 0 Å². The van der Waals surface area contributed by atoms with E-state index in [9.17, 15) is 9.59 Å². The van der Waals surface area contributed by atoms with Crippen molar-refractivity contribution in [2.24, 2.45) is 11.3 Å². The molecule has 0 saturated heterocycles. The Kier molecular flexibility index (Phi) is 9.86. The van der Waals surface area contributed by atoms with Crippen LogP contribution in [0.15, 0.2) is 66.7 Å². The fraction of sp³-hybridized carbons (Fsp3) is 0.375. The number of hydrogen-bond acceptors (Lipinski definition) is 7. The van der Waals surface area contributed by atoms with Crippen molar-refractivity contribution in [3.8, 4) is 23.0 Å². The lowest BCUT2D eigenvalue weighted by Crippen LogP contribution is -2.25. The number of carbonyl (C=O) groups is 2. The van der Waals surface area contributed by atoms with Crippen molar-refractivity contribution in [2.75, 3.05) is 28.4 Å². The standard InChI is InChI=1S/C32H39O7P/c1-21(20-32(2,3)4)29(22-14-10-9-11-15-22)40(35,30(33)27-23(36-5)16-12-17-24(27)37-6)31(34)28-25(38-7)18-13-19-26(28)39-8/h9-19,21,29H,20H2,1-8H3. The van der Waals surface area contributed by atoms with Crippen molar-refractivity contribution in [3.05, 3.63) is 83.4 Å². The Morgan fingerprint density at radius 3 is 1.38 bits per heavy atom. The van der Waals surface area contributed by atoms with Crippen LogP contribution < -0.4 is 18.9 Å². The molecule has 8 heteroatoms. The molecule has 0 bridgehead atoms. The number of benzene rings is 3. The molecule has 0 aliphatic carbocycles. The van der Waals surface area contributed by atoms with E-state index in [4.69, 9.17) is 18.9 Å². The lowest BCUT2D eigenvalue weighted by molar-refractivity contribution is 0.102. The Balaban J connectivity index is 2.46. The molecule has 3 aromatic carbocycles. The third-order valence-corrected chi connectivity index (χ3v) is 10.1. The maximum Gasteiger partial charge on any atom is 0.237 e.